The van der Waals surface area contributed by atoms with Crippen LogP contribution in [-0.4, -0.2) is 70.5 Å². The summed E-state index contributed by atoms with van der Waals surface area (Å²) in [5, 5.41) is 19.3. The van der Waals surface area contributed by atoms with Gasteiger partial charge in [-0.05, 0) is 83.2 Å². The summed E-state index contributed by atoms with van der Waals surface area (Å²) in [6.07, 6.45) is 6.26. The third-order valence-corrected chi connectivity index (χ3v) is 5.86. The highest BCUT2D eigenvalue weighted by Gasteiger charge is 2.13. The summed E-state index contributed by atoms with van der Waals surface area (Å²) in [5.74, 6) is 1.19. The fourth-order valence-corrected chi connectivity index (χ4v) is 4.14. The van der Waals surface area contributed by atoms with E-state index in [4.69, 9.17) is 5.10 Å². The third kappa shape index (κ3) is 5.61. The van der Waals surface area contributed by atoms with Gasteiger partial charge in [0, 0.05) is 18.5 Å². The Hall–Kier alpha value is -1.79. The number of nitrogens with zero attached hydrogens (tertiary/aromatic N) is 4. The Balaban J connectivity index is 1.59. The van der Waals surface area contributed by atoms with Gasteiger partial charge < -0.3 is 20.2 Å². The number of piperidine rings is 1. The number of likely N-dealkylation sites (tertiary alicyclic amines) is 1. The molecule has 1 fully saturated rings. The Morgan fingerprint density at radius 2 is 1.86 bits per heavy atom. The monoisotopic (exact) mass is 387 g/mol. The number of aryl methyl sites for hydroxylation is 1. The quantitative estimate of drug-likeness (QED) is 0.575. The maximum Gasteiger partial charge on any atom is 0.156 e. The van der Waals surface area contributed by atoms with Crippen molar-refractivity contribution in [2.24, 2.45) is 0 Å². The smallest absolute Gasteiger partial charge is 0.156 e. The molecule has 1 aliphatic heterocycles. The highest BCUT2D eigenvalue weighted by molar-refractivity contribution is 5.91. The van der Waals surface area contributed by atoms with Crippen molar-refractivity contribution in [1.29, 1.82) is 0 Å². The van der Waals surface area contributed by atoms with Crippen LogP contribution >= 0.6 is 0 Å². The summed E-state index contributed by atoms with van der Waals surface area (Å²) in [6, 6.07) is 5.57. The normalized spacial score (nSPS) is 15.5. The Morgan fingerprint density at radius 1 is 1.07 bits per heavy atom. The van der Waals surface area contributed by atoms with Gasteiger partial charge in [0.05, 0.1) is 5.52 Å². The minimum Gasteiger partial charge on any atom is -0.508 e. The second kappa shape index (κ2) is 10.7. The van der Waals surface area contributed by atoms with Crippen LogP contribution in [0, 0.1) is 0 Å². The predicted molar refractivity (Wildman–Crippen MR) is 117 cm³/mol. The van der Waals surface area contributed by atoms with Crippen LogP contribution < -0.4 is 5.32 Å². The van der Waals surface area contributed by atoms with Crippen molar-refractivity contribution in [2.45, 2.75) is 52.5 Å². The van der Waals surface area contributed by atoms with Crippen molar-refractivity contribution in [3.63, 3.8) is 0 Å². The molecule has 0 bridgehead atoms. The average Bonchev–Trinajstić information content (AvgIpc) is 3.06. The van der Waals surface area contributed by atoms with Crippen LogP contribution in [0.4, 0.5) is 5.82 Å². The van der Waals surface area contributed by atoms with Gasteiger partial charge in [-0.1, -0.05) is 20.3 Å². The summed E-state index contributed by atoms with van der Waals surface area (Å²) in [6.45, 7) is 13.1. The first-order valence-electron chi connectivity index (χ1n) is 11.1. The topological polar surface area (TPSA) is 56.6 Å². The largest absolute Gasteiger partial charge is 0.508 e. The number of aromatic hydroxyl groups is 1. The van der Waals surface area contributed by atoms with Crippen LogP contribution in [0.25, 0.3) is 10.9 Å². The number of fused-ring (bicyclic) bond motifs is 1. The number of rotatable bonds is 11. The lowest BCUT2D eigenvalue weighted by molar-refractivity contribution is 0.222. The Morgan fingerprint density at radius 3 is 2.61 bits per heavy atom. The van der Waals surface area contributed by atoms with Crippen LogP contribution in [0.2, 0.25) is 0 Å². The lowest BCUT2D eigenvalue weighted by atomic mass is 10.1. The fourth-order valence-electron chi connectivity index (χ4n) is 4.14. The first kappa shape index (κ1) is 20.9. The molecule has 0 atom stereocenters. The van der Waals surface area contributed by atoms with Gasteiger partial charge in [0.15, 0.2) is 5.82 Å². The summed E-state index contributed by atoms with van der Waals surface area (Å²) >= 11 is 0. The van der Waals surface area contributed by atoms with Crippen LogP contribution in [0.1, 0.15) is 46.0 Å². The van der Waals surface area contributed by atoms with Gasteiger partial charge in [-0.15, -0.1) is 0 Å². The summed E-state index contributed by atoms with van der Waals surface area (Å²) in [4.78, 5) is 5.01. The second-order valence-electron chi connectivity index (χ2n) is 7.84. The van der Waals surface area contributed by atoms with E-state index >= 15 is 0 Å². The van der Waals surface area contributed by atoms with Gasteiger partial charge in [0.25, 0.3) is 0 Å². The van der Waals surface area contributed by atoms with Crippen LogP contribution in [-0.2, 0) is 6.54 Å². The minimum atomic E-state index is 0.298. The molecule has 1 aromatic heterocycles. The van der Waals surface area contributed by atoms with E-state index in [1.54, 1.807) is 6.07 Å². The zero-order valence-corrected chi connectivity index (χ0v) is 17.7. The molecule has 0 saturated carbocycles. The number of nitrogens with one attached hydrogen (secondary N) is 1. The zero-order chi connectivity index (χ0) is 19.8. The Kier molecular flexibility index (Phi) is 7.98. The lowest BCUT2D eigenvalue weighted by Gasteiger charge is -2.26. The van der Waals surface area contributed by atoms with Crippen molar-refractivity contribution in [2.75, 3.05) is 51.1 Å². The van der Waals surface area contributed by atoms with Crippen molar-refractivity contribution < 1.29 is 5.11 Å². The zero-order valence-electron chi connectivity index (χ0n) is 17.7. The van der Waals surface area contributed by atoms with E-state index < -0.39 is 0 Å². The van der Waals surface area contributed by atoms with Crippen molar-refractivity contribution in [3.8, 4) is 5.75 Å². The van der Waals surface area contributed by atoms with E-state index in [-0.39, 0.29) is 0 Å². The first-order chi connectivity index (χ1) is 13.7. The van der Waals surface area contributed by atoms with E-state index in [0.29, 0.717) is 5.75 Å². The molecule has 1 aliphatic rings. The molecule has 2 aromatic rings. The number of anilines is 1. The van der Waals surface area contributed by atoms with Gasteiger partial charge in [-0.2, -0.15) is 5.10 Å². The number of hydrogen-bond acceptors (Lipinski definition) is 5. The van der Waals surface area contributed by atoms with Gasteiger partial charge >= 0.3 is 0 Å². The van der Waals surface area contributed by atoms with Gasteiger partial charge in [0.1, 0.15) is 5.75 Å². The molecule has 0 amide bonds. The van der Waals surface area contributed by atoms with Crippen molar-refractivity contribution in [1.82, 2.24) is 19.6 Å². The molecule has 0 aliphatic carbocycles. The number of phenols is 1. The van der Waals surface area contributed by atoms with Gasteiger partial charge in [-0.25, -0.2) is 0 Å². The van der Waals surface area contributed by atoms with Gasteiger partial charge in [-0.3, -0.25) is 4.68 Å². The lowest BCUT2D eigenvalue weighted by Crippen LogP contribution is -2.31. The Bertz CT molecular complexity index is 719. The average molecular weight is 388 g/mol. The maximum absolute atomic E-state index is 9.94. The van der Waals surface area contributed by atoms with Crippen LogP contribution in [0.15, 0.2) is 18.2 Å². The number of phenolic OH excluding ortho intramolecular Hbond substituents is 1. The summed E-state index contributed by atoms with van der Waals surface area (Å²) in [5.41, 5.74) is 1.10. The highest BCUT2D eigenvalue weighted by atomic mass is 16.3. The fraction of sp³-hybridized carbons (Fsp3) is 0.682. The molecule has 6 nitrogen and oxygen atoms in total. The number of hydrogen-bond donors (Lipinski definition) is 2. The molecule has 2 N–H and O–H groups in total. The number of benzene rings is 1. The summed E-state index contributed by atoms with van der Waals surface area (Å²) < 4.78 is 2.10. The molecule has 3 rings (SSSR count). The predicted octanol–water partition coefficient (Wildman–Crippen LogP) is 3.76. The molecule has 0 spiro atoms. The van der Waals surface area contributed by atoms with Crippen molar-refractivity contribution >= 4 is 16.7 Å². The third-order valence-electron chi connectivity index (χ3n) is 5.86. The first-order valence-corrected chi connectivity index (χ1v) is 11.1. The number of aromatic nitrogens is 2. The van der Waals surface area contributed by atoms with E-state index in [9.17, 15) is 5.11 Å². The molecule has 6 heteroatoms. The second-order valence-corrected chi connectivity index (χ2v) is 7.84. The van der Waals surface area contributed by atoms with Crippen molar-refractivity contribution in [3.05, 3.63) is 18.2 Å². The Labute approximate surface area is 169 Å². The van der Waals surface area contributed by atoms with Crippen LogP contribution in [0.3, 0.4) is 0 Å². The van der Waals surface area contributed by atoms with E-state index in [2.05, 4.69) is 33.6 Å². The molecule has 0 radical (unpaired) electrons. The van der Waals surface area contributed by atoms with E-state index in [1.165, 1.54) is 32.4 Å². The molecule has 156 valence electrons. The molecule has 28 heavy (non-hydrogen) atoms. The van der Waals surface area contributed by atoms with E-state index in [1.807, 2.05) is 12.1 Å². The van der Waals surface area contributed by atoms with Gasteiger partial charge in [0.2, 0.25) is 0 Å². The van der Waals surface area contributed by atoms with E-state index in [0.717, 1.165) is 68.8 Å². The standard InChI is InChI=1S/C22H37N5O/c1-3-25(4-2)15-8-12-23-22-20-18-19(28)10-11-21(20)27(24-22)17-9-16-26-13-6-5-7-14-26/h10-11,18,28H,3-9,12-17H2,1-2H3,(H,23,24). The summed E-state index contributed by atoms with van der Waals surface area (Å²) in [7, 11) is 0. The minimum absolute atomic E-state index is 0.298. The molecule has 0 unspecified atom stereocenters. The molecular formula is C22H37N5O. The van der Waals surface area contributed by atoms with Crippen LogP contribution in [0.5, 0.6) is 5.75 Å². The SMILES string of the molecule is CCN(CC)CCCNc1nn(CCCN2CCCCC2)c2ccc(O)cc12. The molecule has 2 heterocycles. The molecular weight excluding hydrogens is 350 g/mol. The maximum atomic E-state index is 9.94. The molecule has 1 aromatic carbocycles. The highest BCUT2D eigenvalue weighted by Crippen LogP contribution is 2.27. The molecule has 1 saturated heterocycles.